The third kappa shape index (κ3) is 2.80. The van der Waals surface area contributed by atoms with Crippen LogP contribution in [-0.4, -0.2) is 24.5 Å². The van der Waals surface area contributed by atoms with Crippen LogP contribution in [-0.2, 0) is 0 Å². The quantitative estimate of drug-likeness (QED) is 0.832. The van der Waals surface area contributed by atoms with E-state index in [-0.39, 0.29) is 11.9 Å². The van der Waals surface area contributed by atoms with Crippen molar-refractivity contribution >= 4 is 0 Å². The van der Waals surface area contributed by atoms with Gasteiger partial charge in [-0.3, -0.25) is 4.90 Å². The number of hydrogen-bond acceptors (Lipinski definition) is 2. The molecule has 90 valence electrons. The van der Waals surface area contributed by atoms with Crippen LogP contribution in [0.2, 0.25) is 0 Å². The first-order valence-electron chi connectivity index (χ1n) is 5.84. The lowest BCUT2D eigenvalue weighted by Crippen LogP contribution is -2.34. The summed E-state index contributed by atoms with van der Waals surface area (Å²) >= 11 is 0. The number of benzene rings is 1. The highest BCUT2D eigenvalue weighted by atomic mass is 19.1. The Morgan fingerprint density at radius 1 is 1.31 bits per heavy atom. The van der Waals surface area contributed by atoms with Crippen molar-refractivity contribution in [2.75, 3.05) is 19.6 Å². The van der Waals surface area contributed by atoms with Gasteiger partial charge in [0, 0.05) is 12.6 Å². The Kier molecular flexibility index (Phi) is 4.90. The summed E-state index contributed by atoms with van der Waals surface area (Å²) in [4.78, 5) is 2.25. The molecule has 2 nitrogen and oxygen atoms in total. The van der Waals surface area contributed by atoms with E-state index in [2.05, 4.69) is 18.7 Å². The fourth-order valence-electron chi connectivity index (χ4n) is 2.11. The summed E-state index contributed by atoms with van der Waals surface area (Å²) in [5.74, 6) is -0.189. The zero-order valence-electron chi connectivity index (χ0n) is 10.3. The molecule has 2 N–H and O–H groups in total. The zero-order valence-corrected chi connectivity index (χ0v) is 10.3. The molecule has 1 unspecified atom stereocenters. The lowest BCUT2D eigenvalue weighted by atomic mass is 9.99. The van der Waals surface area contributed by atoms with E-state index in [1.165, 1.54) is 6.07 Å². The Morgan fingerprint density at radius 3 is 2.44 bits per heavy atom. The average Bonchev–Trinajstić information content (AvgIpc) is 2.29. The first-order chi connectivity index (χ1) is 7.63. The molecule has 0 aliphatic rings. The van der Waals surface area contributed by atoms with Crippen LogP contribution in [0.4, 0.5) is 4.39 Å². The van der Waals surface area contributed by atoms with Crippen LogP contribution < -0.4 is 5.73 Å². The summed E-state index contributed by atoms with van der Waals surface area (Å²) < 4.78 is 13.3. The zero-order chi connectivity index (χ0) is 12.1. The topological polar surface area (TPSA) is 29.3 Å². The van der Waals surface area contributed by atoms with Crippen molar-refractivity contribution in [2.45, 2.75) is 26.8 Å². The fourth-order valence-corrected chi connectivity index (χ4v) is 2.11. The molecule has 0 amide bonds. The van der Waals surface area contributed by atoms with Gasteiger partial charge in [-0.1, -0.05) is 19.9 Å². The predicted molar refractivity (Wildman–Crippen MR) is 65.9 cm³/mol. The lowest BCUT2D eigenvalue weighted by molar-refractivity contribution is 0.223. The first kappa shape index (κ1) is 13.1. The highest BCUT2D eigenvalue weighted by Crippen LogP contribution is 2.23. The van der Waals surface area contributed by atoms with E-state index >= 15 is 0 Å². The number of hydrogen-bond donors (Lipinski definition) is 1. The molecule has 0 bridgehead atoms. The third-order valence-electron chi connectivity index (χ3n) is 3.08. The Balaban J connectivity index is 3.06. The first-order valence-corrected chi connectivity index (χ1v) is 5.84. The smallest absolute Gasteiger partial charge is 0.123 e. The van der Waals surface area contributed by atoms with E-state index in [4.69, 9.17) is 5.73 Å². The molecule has 1 rings (SSSR count). The molecule has 0 fully saturated rings. The second-order valence-corrected chi connectivity index (χ2v) is 3.97. The number of likely N-dealkylation sites (N-methyl/N-ethyl adjacent to an activating group) is 1. The predicted octanol–water partition coefficient (Wildman–Crippen LogP) is 2.48. The van der Waals surface area contributed by atoms with Gasteiger partial charge in [0.05, 0.1) is 0 Å². The maximum atomic E-state index is 13.3. The van der Waals surface area contributed by atoms with Gasteiger partial charge in [-0.25, -0.2) is 4.39 Å². The number of rotatable bonds is 5. The number of nitrogens with two attached hydrogens (primary N) is 1. The molecule has 0 aliphatic heterocycles. The Morgan fingerprint density at radius 2 is 1.94 bits per heavy atom. The SMILES string of the molecule is CCN(CC)C(CN)c1cc(F)ccc1C. The second kappa shape index (κ2) is 5.97. The highest BCUT2D eigenvalue weighted by Gasteiger charge is 2.18. The van der Waals surface area contributed by atoms with Crippen molar-refractivity contribution in [1.82, 2.24) is 4.90 Å². The van der Waals surface area contributed by atoms with Gasteiger partial charge in [0.2, 0.25) is 0 Å². The van der Waals surface area contributed by atoms with Gasteiger partial charge in [0.25, 0.3) is 0 Å². The molecule has 0 saturated heterocycles. The molecule has 3 heteroatoms. The number of halogens is 1. The van der Waals surface area contributed by atoms with Crippen molar-refractivity contribution in [3.05, 3.63) is 35.1 Å². The molecule has 0 heterocycles. The summed E-state index contributed by atoms with van der Waals surface area (Å²) in [5, 5.41) is 0. The number of aryl methyl sites for hydroxylation is 1. The summed E-state index contributed by atoms with van der Waals surface area (Å²) in [6.45, 7) is 8.57. The lowest BCUT2D eigenvalue weighted by Gasteiger charge is -2.30. The third-order valence-corrected chi connectivity index (χ3v) is 3.08. The van der Waals surface area contributed by atoms with E-state index in [0.717, 1.165) is 24.2 Å². The molecule has 1 atom stereocenters. The largest absolute Gasteiger partial charge is 0.329 e. The molecule has 0 aromatic heterocycles. The van der Waals surface area contributed by atoms with Crippen molar-refractivity contribution in [1.29, 1.82) is 0 Å². The van der Waals surface area contributed by atoms with E-state index in [1.54, 1.807) is 6.07 Å². The minimum absolute atomic E-state index is 0.116. The molecular weight excluding hydrogens is 203 g/mol. The molecule has 0 radical (unpaired) electrons. The highest BCUT2D eigenvalue weighted by molar-refractivity contribution is 5.30. The minimum Gasteiger partial charge on any atom is -0.329 e. The van der Waals surface area contributed by atoms with Gasteiger partial charge in [0.1, 0.15) is 5.82 Å². The van der Waals surface area contributed by atoms with Crippen LogP contribution in [0.15, 0.2) is 18.2 Å². The van der Waals surface area contributed by atoms with Gasteiger partial charge in [-0.05, 0) is 43.3 Å². The maximum Gasteiger partial charge on any atom is 0.123 e. The van der Waals surface area contributed by atoms with Crippen molar-refractivity contribution in [3.8, 4) is 0 Å². The van der Waals surface area contributed by atoms with Crippen LogP contribution in [0, 0.1) is 12.7 Å². The van der Waals surface area contributed by atoms with Crippen LogP contribution in [0.3, 0.4) is 0 Å². The fraction of sp³-hybridized carbons (Fsp3) is 0.538. The van der Waals surface area contributed by atoms with E-state index in [0.29, 0.717) is 6.54 Å². The van der Waals surface area contributed by atoms with Crippen molar-refractivity contribution in [2.24, 2.45) is 5.73 Å². The van der Waals surface area contributed by atoms with Gasteiger partial charge < -0.3 is 5.73 Å². The molecule has 1 aromatic rings. The van der Waals surface area contributed by atoms with Gasteiger partial charge in [0.15, 0.2) is 0 Å². The molecule has 0 spiro atoms. The van der Waals surface area contributed by atoms with Crippen LogP contribution in [0.25, 0.3) is 0 Å². The Bertz CT molecular complexity index is 335. The van der Waals surface area contributed by atoms with Gasteiger partial charge in [-0.2, -0.15) is 0 Å². The van der Waals surface area contributed by atoms with Crippen LogP contribution >= 0.6 is 0 Å². The number of nitrogens with zero attached hydrogens (tertiary/aromatic N) is 1. The van der Waals surface area contributed by atoms with Crippen LogP contribution in [0.1, 0.15) is 31.0 Å². The minimum atomic E-state index is -0.189. The van der Waals surface area contributed by atoms with E-state index in [1.807, 2.05) is 13.0 Å². The summed E-state index contributed by atoms with van der Waals surface area (Å²) in [7, 11) is 0. The Hall–Kier alpha value is -0.930. The second-order valence-electron chi connectivity index (χ2n) is 3.97. The van der Waals surface area contributed by atoms with Crippen molar-refractivity contribution in [3.63, 3.8) is 0 Å². The van der Waals surface area contributed by atoms with E-state index < -0.39 is 0 Å². The maximum absolute atomic E-state index is 13.3. The summed E-state index contributed by atoms with van der Waals surface area (Å²) in [6, 6.07) is 5.03. The van der Waals surface area contributed by atoms with Crippen molar-refractivity contribution < 1.29 is 4.39 Å². The molecule has 0 saturated carbocycles. The molecular formula is C13H21FN2. The molecule has 1 aromatic carbocycles. The van der Waals surface area contributed by atoms with Crippen LogP contribution in [0.5, 0.6) is 0 Å². The molecule has 0 aliphatic carbocycles. The standard InChI is InChI=1S/C13H21FN2/c1-4-16(5-2)13(9-15)12-8-11(14)7-6-10(12)3/h6-8,13H,4-5,9,15H2,1-3H3. The van der Waals surface area contributed by atoms with E-state index in [9.17, 15) is 4.39 Å². The summed E-state index contributed by atoms with van der Waals surface area (Å²) in [5.41, 5.74) is 7.92. The van der Waals surface area contributed by atoms with Gasteiger partial charge in [-0.15, -0.1) is 0 Å². The molecule has 16 heavy (non-hydrogen) atoms. The average molecular weight is 224 g/mol. The van der Waals surface area contributed by atoms with Gasteiger partial charge >= 0.3 is 0 Å². The summed E-state index contributed by atoms with van der Waals surface area (Å²) in [6.07, 6.45) is 0. The Labute approximate surface area is 97.3 Å². The normalized spacial score (nSPS) is 13.1. The monoisotopic (exact) mass is 224 g/mol.